The van der Waals surface area contributed by atoms with Crippen LogP contribution in [0.5, 0.6) is 0 Å². The van der Waals surface area contributed by atoms with Gasteiger partial charge in [-0.05, 0) is 40.2 Å². The summed E-state index contributed by atoms with van der Waals surface area (Å²) in [6, 6.07) is 5.69. The summed E-state index contributed by atoms with van der Waals surface area (Å²) < 4.78 is 14.6. The molecule has 0 aliphatic rings. The molecule has 0 aliphatic heterocycles. The number of carboxylic acid groups (broad SMARTS) is 1. The van der Waals surface area contributed by atoms with E-state index in [0.29, 0.717) is 10.2 Å². The minimum absolute atomic E-state index is 0.0551. The maximum Gasteiger partial charge on any atom is 0.356 e. The van der Waals surface area contributed by atoms with Gasteiger partial charge in [0.1, 0.15) is 5.82 Å². The normalized spacial score (nSPS) is 10.4. The van der Waals surface area contributed by atoms with Gasteiger partial charge in [-0.2, -0.15) is 5.10 Å². The van der Waals surface area contributed by atoms with Crippen molar-refractivity contribution in [1.82, 2.24) is 9.78 Å². The van der Waals surface area contributed by atoms with Crippen LogP contribution in [0.2, 0.25) is 0 Å². The first kappa shape index (κ1) is 10.8. The van der Waals surface area contributed by atoms with Gasteiger partial charge in [-0.25, -0.2) is 13.9 Å². The molecule has 1 heterocycles. The number of halogens is 2. The molecule has 1 N–H and O–H groups in total. The van der Waals surface area contributed by atoms with Crippen LogP contribution in [0.4, 0.5) is 4.39 Å². The summed E-state index contributed by atoms with van der Waals surface area (Å²) in [5.74, 6) is -1.48. The highest BCUT2D eigenvalue weighted by atomic mass is 79.9. The third-order valence-electron chi connectivity index (χ3n) is 1.98. The second-order valence-corrected chi connectivity index (χ2v) is 3.90. The molecule has 0 saturated carbocycles. The summed E-state index contributed by atoms with van der Waals surface area (Å²) in [7, 11) is 0. The Morgan fingerprint density at radius 3 is 2.75 bits per heavy atom. The van der Waals surface area contributed by atoms with Crippen molar-refractivity contribution in [3.05, 3.63) is 46.4 Å². The Morgan fingerprint density at radius 1 is 1.44 bits per heavy atom. The first-order valence-electron chi connectivity index (χ1n) is 4.32. The van der Waals surface area contributed by atoms with E-state index in [4.69, 9.17) is 5.11 Å². The first-order chi connectivity index (χ1) is 7.58. The van der Waals surface area contributed by atoms with Crippen molar-refractivity contribution < 1.29 is 14.3 Å². The molecule has 0 atom stereocenters. The topological polar surface area (TPSA) is 55.1 Å². The molecule has 1 aromatic heterocycles. The Labute approximate surface area is 98.4 Å². The lowest BCUT2D eigenvalue weighted by molar-refractivity contribution is 0.0690. The molecule has 0 fully saturated rings. The Kier molecular flexibility index (Phi) is 2.74. The van der Waals surface area contributed by atoms with Gasteiger partial charge in [0.15, 0.2) is 5.69 Å². The minimum atomic E-state index is -1.10. The van der Waals surface area contributed by atoms with Crippen LogP contribution < -0.4 is 0 Å². The number of benzene rings is 1. The monoisotopic (exact) mass is 284 g/mol. The molecule has 0 radical (unpaired) electrons. The molecule has 4 nitrogen and oxygen atoms in total. The van der Waals surface area contributed by atoms with Crippen LogP contribution >= 0.6 is 15.9 Å². The highest BCUT2D eigenvalue weighted by Gasteiger charge is 2.08. The maximum absolute atomic E-state index is 13.0. The smallest absolute Gasteiger partial charge is 0.356 e. The number of aromatic nitrogens is 2. The standard InChI is InChI=1S/C10H6BrFN2O2/c11-7-5-6(1-2-8(7)12)14-4-3-9(13-14)10(15)16/h1-5H,(H,15,16). The number of nitrogens with zero attached hydrogens (tertiary/aromatic N) is 2. The second-order valence-electron chi connectivity index (χ2n) is 3.05. The van der Waals surface area contributed by atoms with Crippen LogP contribution in [0.25, 0.3) is 5.69 Å². The van der Waals surface area contributed by atoms with Gasteiger partial charge in [-0.3, -0.25) is 0 Å². The number of hydrogen-bond donors (Lipinski definition) is 1. The number of aromatic carboxylic acids is 1. The molecule has 2 aromatic rings. The molecule has 2 rings (SSSR count). The zero-order valence-corrected chi connectivity index (χ0v) is 9.48. The van der Waals surface area contributed by atoms with E-state index in [1.807, 2.05) is 0 Å². The summed E-state index contributed by atoms with van der Waals surface area (Å²) >= 11 is 3.05. The molecule has 0 amide bonds. The van der Waals surface area contributed by atoms with Crippen molar-refractivity contribution in [2.45, 2.75) is 0 Å². The molecule has 6 heteroatoms. The lowest BCUT2D eigenvalue weighted by Gasteiger charge is -2.02. The number of carbonyl (C=O) groups is 1. The minimum Gasteiger partial charge on any atom is -0.476 e. The van der Waals surface area contributed by atoms with Crippen LogP contribution in [0.3, 0.4) is 0 Å². The van der Waals surface area contributed by atoms with E-state index in [9.17, 15) is 9.18 Å². The van der Waals surface area contributed by atoms with Gasteiger partial charge in [0, 0.05) is 6.20 Å². The van der Waals surface area contributed by atoms with Crippen molar-refractivity contribution >= 4 is 21.9 Å². The van der Waals surface area contributed by atoms with E-state index < -0.39 is 5.97 Å². The van der Waals surface area contributed by atoms with E-state index in [2.05, 4.69) is 21.0 Å². The molecule has 0 spiro atoms. The number of hydrogen-bond acceptors (Lipinski definition) is 2. The molecule has 0 saturated heterocycles. The third-order valence-corrected chi connectivity index (χ3v) is 2.58. The zero-order valence-electron chi connectivity index (χ0n) is 7.89. The maximum atomic E-state index is 13.0. The van der Waals surface area contributed by atoms with E-state index in [1.54, 1.807) is 0 Å². The van der Waals surface area contributed by atoms with Crippen LogP contribution in [0.15, 0.2) is 34.9 Å². The summed E-state index contributed by atoms with van der Waals surface area (Å²) in [6.45, 7) is 0. The van der Waals surface area contributed by atoms with Crippen LogP contribution in [-0.4, -0.2) is 20.9 Å². The van der Waals surface area contributed by atoms with Gasteiger partial charge < -0.3 is 5.11 Å². The van der Waals surface area contributed by atoms with Crippen LogP contribution in [0.1, 0.15) is 10.5 Å². The zero-order chi connectivity index (χ0) is 11.7. The number of rotatable bonds is 2. The van der Waals surface area contributed by atoms with Crippen molar-refractivity contribution in [2.24, 2.45) is 0 Å². The second kappa shape index (κ2) is 4.05. The lowest BCUT2D eigenvalue weighted by atomic mass is 10.3. The predicted molar refractivity (Wildman–Crippen MR) is 58.2 cm³/mol. The predicted octanol–water partition coefficient (Wildman–Crippen LogP) is 2.47. The molecule has 0 unspecified atom stereocenters. The van der Waals surface area contributed by atoms with Gasteiger partial charge in [0.25, 0.3) is 0 Å². The van der Waals surface area contributed by atoms with Gasteiger partial charge in [0.2, 0.25) is 0 Å². The van der Waals surface area contributed by atoms with Crippen molar-refractivity contribution in [3.8, 4) is 5.69 Å². The molecule has 1 aromatic carbocycles. The van der Waals surface area contributed by atoms with Crippen molar-refractivity contribution in [1.29, 1.82) is 0 Å². The molecule has 0 aliphatic carbocycles. The van der Waals surface area contributed by atoms with Crippen LogP contribution in [-0.2, 0) is 0 Å². The van der Waals surface area contributed by atoms with Crippen molar-refractivity contribution in [2.75, 3.05) is 0 Å². The van der Waals surface area contributed by atoms with E-state index in [1.165, 1.54) is 35.1 Å². The third kappa shape index (κ3) is 1.96. The average Bonchev–Trinajstić information content (AvgIpc) is 2.71. The summed E-state index contributed by atoms with van der Waals surface area (Å²) in [5.41, 5.74) is 0.529. The largest absolute Gasteiger partial charge is 0.476 e. The molecular weight excluding hydrogens is 279 g/mol. The van der Waals surface area contributed by atoms with Gasteiger partial charge in [-0.15, -0.1) is 0 Å². The summed E-state index contributed by atoms with van der Waals surface area (Å²) in [4.78, 5) is 10.6. The van der Waals surface area contributed by atoms with Gasteiger partial charge >= 0.3 is 5.97 Å². The van der Waals surface area contributed by atoms with E-state index in [-0.39, 0.29) is 11.5 Å². The average molecular weight is 285 g/mol. The summed E-state index contributed by atoms with van der Waals surface area (Å²) in [6.07, 6.45) is 1.50. The Morgan fingerprint density at radius 2 is 2.19 bits per heavy atom. The molecule has 82 valence electrons. The fourth-order valence-electron chi connectivity index (χ4n) is 1.21. The fourth-order valence-corrected chi connectivity index (χ4v) is 1.58. The fraction of sp³-hybridized carbons (Fsp3) is 0. The lowest BCUT2D eigenvalue weighted by Crippen LogP contribution is -2.01. The van der Waals surface area contributed by atoms with E-state index >= 15 is 0 Å². The van der Waals surface area contributed by atoms with Crippen LogP contribution in [0, 0.1) is 5.82 Å². The highest BCUT2D eigenvalue weighted by Crippen LogP contribution is 2.19. The molecule has 16 heavy (non-hydrogen) atoms. The summed E-state index contributed by atoms with van der Waals surface area (Å²) in [5, 5.41) is 12.5. The molecule has 0 bridgehead atoms. The van der Waals surface area contributed by atoms with Crippen molar-refractivity contribution in [3.63, 3.8) is 0 Å². The van der Waals surface area contributed by atoms with Gasteiger partial charge in [0.05, 0.1) is 10.2 Å². The quantitative estimate of drug-likeness (QED) is 0.922. The Hall–Kier alpha value is -1.69. The first-order valence-corrected chi connectivity index (χ1v) is 5.11. The van der Waals surface area contributed by atoms with E-state index in [0.717, 1.165) is 0 Å². The number of carboxylic acids is 1. The highest BCUT2D eigenvalue weighted by molar-refractivity contribution is 9.10. The Bertz CT molecular complexity index is 554. The van der Waals surface area contributed by atoms with Gasteiger partial charge in [-0.1, -0.05) is 0 Å². The SMILES string of the molecule is O=C(O)c1ccn(-c2ccc(F)c(Br)c2)n1. The molecular formula is C10H6BrFN2O2. The Balaban J connectivity index is 2.42.